The monoisotopic (exact) mass is 347 g/mol. The zero-order valence-corrected chi connectivity index (χ0v) is 13.8. The fourth-order valence-corrected chi connectivity index (χ4v) is 3.61. The molecule has 1 N–H and O–H groups in total. The number of pyridine rings is 1. The number of carboxylic acids is 1. The van der Waals surface area contributed by atoms with Crippen molar-refractivity contribution in [3.63, 3.8) is 0 Å². The van der Waals surface area contributed by atoms with Crippen LogP contribution in [0.5, 0.6) is 0 Å². The largest absolute Gasteiger partial charge is 0.477 e. The molecule has 0 radical (unpaired) electrons. The fraction of sp³-hybridized carbons (Fsp3) is 0.368. The fourth-order valence-electron chi connectivity index (χ4n) is 3.61. The van der Waals surface area contributed by atoms with E-state index >= 15 is 0 Å². The number of carboxylic acid groups (broad SMARTS) is 1. The van der Waals surface area contributed by atoms with E-state index in [4.69, 9.17) is 0 Å². The highest BCUT2D eigenvalue weighted by atomic mass is 19.3. The number of nitrogens with zero attached hydrogens (tertiary/aromatic N) is 1. The van der Waals surface area contributed by atoms with Crippen molar-refractivity contribution in [1.29, 1.82) is 0 Å². The maximum Gasteiger partial charge on any atom is 0.341 e. The molecule has 1 heterocycles. The van der Waals surface area contributed by atoms with Crippen LogP contribution in [0.25, 0.3) is 11.1 Å². The van der Waals surface area contributed by atoms with E-state index in [0.717, 1.165) is 25.7 Å². The second-order valence-corrected chi connectivity index (χ2v) is 6.41. The van der Waals surface area contributed by atoms with Crippen LogP contribution in [0.3, 0.4) is 0 Å². The molecule has 4 nitrogen and oxygen atoms in total. The van der Waals surface area contributed by atoms with E-state index in [1.165, 1.54) is 24.4 Å². The van der Waals surface area contributed by atoms with Gasteiger partial charge in [-0.1, -0.05) is 31.0 Å². The molecule has 0 bridgehead atoms. The van der Waals surface area contributed by atoms with Crippen LogP contribution >= 0.6 is 0 Å². The van der Waals surface area contributed by atoms with Crippen LogP contribution in [0.1, 0.15) is 59.8 Å². The number of hydrogen-bond donors (Lipinski definition) is 1. The first-order valence-corrected chi connectivity index (χ1v) is 8.27. The predicted octanol–water partition coefficient (Wildman–Crippen LogP) is 4.57. The number of aromatic carboxylic acids is 1. The van der Waals surface area contributed by atoms with Crippen LogP contribution in [0.15, 0.2) is 35.3 Å². The Kier molecular flexibility index (Phi) is 4.70. The summed E-state index contributed by atoms with van der Waals surface area (Å²) in [5.41, 5.74) is -0.0113. The van der Waals surface area contributed by atoms with Gasteiger partial charge in [-0.25, -0.2) is 13.6 Å². The van der Waals surface area contributed by atoms with Crippen LogP contribution in [0.4, 0.5) is 8.78 Å². The van der Waals surface area contributed by atoms with Gasteiger partial charge in [0.05, 0.1) is 0 Å². The van der Waals surface area contributed by atoms with Gasteiger partial charge in [-0.05, 0) is 31.4 Å². The number of hydrogen-bond acceptors (Lipinski definition) is 2. The molecule has 0 saturated heterocycles. The molecule has 3 rings (SSSR count). The Morgan fingerprint density at radius 1 is 1.28 bits per heavy atom. The third-order valence-electron chi connectivity index (χ3n) is 4.86. The maximum atomic E-state index is 13.0. The molecule has 132 valence electrons. The van der Waals surface area contributed by atoms with Gasteiger partial charge in [0.1, 0.15) is 5.56 Å². The number of aromatic nitrogens is 1. The van der Waals surface area contributed by atoms with Gasteiger partial charge in [0.2, 0.25) is 5.43 Å². The van der Waals surface area contributed by atoms with E-state index in [2.05, 4.69) is 0 Å². The minimum absolute atomic E-state index is 0.135. The van der Waals surface area contributed by atoms with Crippen LogP contribution in [0.2, 0.25) is 0 Å². The normalized spacial score (nSPS) is 15.0. The smallest absolute Gasteiger partial charge is 0.341 e. The third kappa shape index (κ3) is 3.21. The summed E-state index contributed by atoms with van der Waals surface area (Å²) in [4.78, 5) is 24.2. The molecule has 0 unspecified atom stereocenters. The zero-order valence-electron chi connectivity index (χ0n) is 13.8. The lowest BCUT2D eigenvalue weighted by Gasteiger charge is -2.21. The zero-order chi connectivity index (χ0) is 18.1. The molecule has 0 amide bonds. The van der Waals surface area contributed by atoms with Gasteiger partial charge in [-0.2, -0.15) is 0 Å². The Hall–Kier alpha value is -2.50. The Balaban J connectivity index is 2.26. The summed E-state index contributed by atoms with van der Waals surface area (Å²) < 4.78 is 27.9. The molecule has 1 saturated carbocycles. The van der Waals surface area contributed by atoms with Gasteiger partial charge in [0.15, 0.2) is 0 Å². The van der Waals surface area contributed by atoms with Crippen molar-refractivity contribution in [3.05, 3.63) is 57.5 Å². The van der Waals surface area contributed by atoms with Gasteiger partial charge >= 0.3 is 5.97 Å². The molecule has 1 aromatic heterocycles. The molecule has 0 aliphatic heterocycles. The van der Waals surface area contributed by atoms with Crippen LogP contribution < -0.4 is 5.43 Å². The van der Waals surface area contributed by atoms with Gasteiger partial charge in [-0.15, -0.1) is 0 Å². The lowest BCUT2D eigenvalue weighted by Crippen LogP contribution is -2.24. The summed E-state index contributed by atoms with van der Waals surface area (Å²) in [6.07, 6.45) is 2.68. The number of carbonyl (C=O) groups is 1. The maximum absolute atomic E-state index is 13.0. The van der Waals surface area contributed by atoms with Crippen LogP contribution in [-0.4, -0.2) is 15.6 Å². The first-order chi connectivity index (χ1) is 11.9. The minimum Gasteiger partial charge on any atom is -0.477 e. The summed E-state index contributed by atoms with van der Waals surface area (Å²) in [6, 6.07) is 5.72. The first-order valence-electron chi connectivity index (χ1n) is 8.27. The van der Waals surface area contributed by atoms with Crippen molar-refractivity contribution in [2.45, 2.75) is 45.1 Å². The third-order valence-corrected chi connectivity index (χ3v) is 4.86. The summed E-state index contributed by atoms with van der Waals surface area (Å²) in [6.45, 7) is 1.75. The second kappa shape index (κ2) is 6.78. The van der Waals surface area contributed by atoms with E-state index in [9.17, 15) is 23.5 Å². The van der Waals surface area contributed by atoms with Gasteiger partial charge in [0.25, 0.3) is 6.43 Å². The number of alkyl halides is 2. The highest BCUT2D eigenvalue weighted by Gasteiger charge is 2.24. The molecular weight excluding hydrogens is 328 g/mol. The molecule has 6 heteroatoms. The second-order valence-electron chi connectivity index (χ2n) is 6.41. The number of benzene rings is 1. The molecule has 1 aliphatic carbocycles. The van der Waals surface area contributed by atoms with Gasteiger partial charge in [-0.3, -0.25) is 4.79 Å². The molecule has 1 aliphatic rings. The van der Waals surface area contributed by atoms with Crippen LogP contribution in [-0.2, 0) is 0 Å². The van der Waals surface area contributed by atoms with Crippen molar-refractivity contribution < 1.29 is 18.7 Å². The summed E-state index contributed by atoms with van der Waals surface area (Å²) in [7, 11) is 0. The van der Waals surface area contributed by atoms with E-state index in [1.54, 1.807) is 13.0 Å². The summed E-state index contributed by atoms with van der Waals surface area (Å²) in [5, 5.41) is 9.40. The van der Waals surface area contributed by atoms with E-state index in [1.807, 2.05) is 4.57 Å². The van der Waals surface area contributed by atoms with Crippen molar-refractivity contribution in [2.75, 3.05) is 0 Å². The van der Waals surface area contributed by atoms with Crippen molar-refractivity contribution in [1.82, 2.24) is 4.57 Å². The van der Waals surface area contributed by atoms with Gasteiger partial charge < -0.3 is 9.67 Å². The Bertz CT molecular complexity index is 867. The molecule has 0 spiro atoms. The molecular formula is C19H19F2NO3. The lowest BCUT2D eigenvalue weighted by molar-refractivity contribution is 0.0694. The topological polar surface area (TPSA) is 59.3 Å². The average Bonchev–Trinajstić information content (AvgIpc) is 3.09. The number of halogens is 2. The van der Waals surface area contributed by atoms with E-state index in [0.29, 0.717) is 11.3 Å². The highest BCUT2D eigenvalue weighted by molar-refractivity contribution is 5.89. The van der Waals surface area contributed by atoms with Crippen LogP contribution in [0, 0.1) is 6.92 Å². The Morgan fingerprint density at radius 3 is 2.56 bits per heavy atom. The quantitative estimate of drug-likeness (QED) is 0.881. The Morgan fingerprint density at radius 2 is 1.96 bits per heavy atom. The minimum atomic E-state index is -2.65. The standard InChI is InChI=1S/C19H19F2NO3/c1-11-16(12-5-4-6-13(9-12)18(20)21)17(23)15(19(24)25)10-22(11)14-7-2-3-8-14/h4-6,9-10,14,18H,2-3,7-8H2,1H3,(H,24,25). The summed E-state index contributed by atoms with van der Waals surface area (Å²) >= 11 is 0. The molecule has 0 atom stereocenters. The molecule has 1 fully saturated rings. The lowest BCUT2D eigenvalue weighted by atomic mass is 9.98. The SMILES string of the molecule is Cc1c(-c2cccc(C(F)F)c2)c(=O)c(C(=O)O)cn1C1CCCC1. The van der Waals surface area contributed by atoms with Crippen molar-refractivity contribution in [2.24, 2.45) is 0 Å². The Labute approximate surface area is 143 Å². The molecule has 1 aromatic carbocycles. The molecule has 25 heavy (non-hydrogen) atoms. The van der Waals surface area contributed by atoms with Crippen molar-refractivity contribution >= 4 is 5.97 Å². The van der Waals surface area contributed by atoms with E-state index in [-0.39, 0.29) is 22.7 Å². The number of rotatable bonds is 4. The van der Waals surface area contributed by atoms with Gasteiger partial charge in [0, 0.05) is 29.1 Å². The van der Waals surface area contributed by atoms with Crippen molar-refractivity contribution in [3.8, 4) is 11.1 Å². The predicted molar refractivity (Wildman–Crippen MR) is 90.3 cm³/mol. The first kappa shape index (κ1) is 17.3. The molecule has 2 aromatic rings. The van der Waals surface area contributed by atoms with E-state index < -0.39 is 17.8 Å². The average molecular weight is 347 g/mol. The summed E-state index contributed by atoms with van der Waals surface area (Å²) in [5.74, 6) is -1.30. The highest BCUT2D eigenvalue weighted by Crippen LogP contribution is 2.33.